The van der Waals surface area contributed by atoms with Gasteiger partial charge >= 0.3 is 0 Å². The number of rotatable bonds is 12. The summed E-state index contributed by atoms with van der Waals surface area (Å²) in [5.41, 5.74) is 2.93. The van der Waals surface area contributed by atoms with Gasteiger partial charge in [0.05, 0.1) is 18.3 Å². The van der Waals surface area contributed by atoms with Crippen molar-refractivity contribution in [3.05, 3.63) is 65.2 Å². The molecule has 33 heavy (non-hydrogen) atoms. The van der Waals surface area contributed by atoms with Crippen LogP contribution in [0.15, 0.2) is 54.6 Å². The molecular weight excluding hydrogens is 438 g/mol. The Morgan fingerprint density at radius 2 is 1.88 bits per heavy atom. The van der Waals surface area contributed by atoms with Crippen LogP contribution in [0.3, 0.4) is 0 Å². The van der Waals surface area contributed by atoms with E-state index in [-0.39, 0.29) is 0 Å². The van der Waals surface area contributed by atoms with Crippen molar-refractivity contribution >= 4 is 11.6 Å². The molecular formula is C26H32ClN3O3. The predicted octanol–water partition coefficient (Wildman–Crippen LogP) is 5.14. The lowest BCUT2D eigenvalue weighted by Crippen LogP contribution is -2.36. The van der Waals surface area contributed by atoms with Crippen LogP contribution in [0.5, 0.6) is 11.6 Å². The second kappa shape index (κ2) is 11.2. The largest absolute Gasteiger partial charge is 0.439 e. The summed E-state index contributed by atoms with van der Waals surface area (Å²) >= 11 is 6.06. The molecule has 1 aliphatic rings. The van der Waals surface area contributed by atoms with E-state index in [4.69, 9.17) is 26.2 Å². The van der Waals surface area contributed by atoms with E-state index in [9.17, 15) is 5.11 Å². The Bertz CT molecular complexity index is 1020. The van der Waals surface area contributed by atoms with Crippen molar-refractivity contribution in [3.8, 4) is 22.9 Å². The summed E-state index contributed by atoms with van der Waals surface area (Å²) in [6.07, 6.45) is 1.94. The van der Waals surface area contributed by atoms with Crippen molar-refractivity contribution in [3.63, 3.8) is 0 Å². The summed E-state index contributed by atoms with van der Waals surface area (Å²) in [6.45, 7) is 4.98. The van der Waals surface area contributed by atoms with Gasteiger partial charge < -0.3 is 14.6 Å². The molecule has 1 heterocycles. The zero-order valence-electron chi connectivity index (χ0n) is 19.3. The number of aliphatic hydroxyl groups excluding tert-OH is 1. The third-order valence-electron chi connectivity index (χ3n) is 5.74. The zero-order valence-corrected chi connectivity index (χ0v) is 20.0. The van der Waals surface area contributed by atoms with Gasteiger partial charge in [-0.3, -0.25) is 4.90 Å². The van der Waals surface area contributed by atoms with Gasteiger partial charge in [-0.1, -0.05) is 41.9 Å². The topological polar surface area (TPSA) is 59.8 Å². The molecule has 0 spiro atoms. The molecule has 0 amide bonds. The van der Waals surface area contributed by atoms with Crippen LogP contribution in [-0.2, 0) is 18.3 Å². The number of halogens is 1. The van der Waals surface area contributed by atoms with Crippen LogP contribution >= 0.6 is 11.6 Å². The average molecular weight is 470 g/mol. The van der Waals surface area contributed by atoms with Gasteiger partial charge in [-0.2, -0.15) is 5.10 Å². The second-order valence-corrected chi connectivity index (χ2v) is 9.07. The molecule has 6 nitrogen and oxygen atoms in total. The van der Waals surface area contributed by atoms with E-state index in [1.165, 1.54) is 12.8 Å². The van der Waals surface area contributed by atoms with Gasteiger partial charge in [-0.25, -0.2) is 4.68 Å². The maximum atomic E-state index is 10.6. The fraction of sp³-hybridized carbons (Fsp3) is 0.423. The summed E-state index contributed by atoms with van der Waals surface area (Å²) in [4.78, 5) is 2.31. The molecule has 2 aromatic carbocycles. The fourth-order valence-corrected chi connectivity index (χ4v) is 4.09. The Hall–Kier alpha value is -2.38. The molecule has 1 aliphatic carbocycles. The van der Waals surface area contributed by atoms with Gasteiger partial charge in [0.15, 0.2) is 0 Å². The summed E-state index contributed by atoms with van der Waals surface area (Å²) < 4.78 is 13.6. The number of aromatic nitrogens is 2. The first-order chi connectivity index (χ1) is 16.0. The molecule has 0 saturated heterocycles. The molecule has 3 aromatic rings. The molecule has 1 N–H and O–H groups in total. The third kappa shape index (κ3) is 6.58. The van der Waals surface area contributed by atoms with E-state index in [0.717, 1.165) is 23.4 Å². The molecule has 1 saturated carbocycles. The number of hydrogen-bond acceptors (Lipinski definition) is 5. The van der Waals surface area contributed by atoms with E-state index < -0.39 is 6.10 Å². The lowest BCUT2D eigenvalue weighted by molar-refractivity contribution is 0.0186. The first-order valence-corrected chi connectivity index (χ1v) is 11.9. The quantitative estimate of drug-likeness (QED) is 0.398. The molecule has 0 aliphatic heterocycles. The molecule has 1 aromatic heterocycles. The summed E-state index contributed by atoms with van der Waals surface area (Å²) in [7, 11) is 1.90. The second-order valence-electron chi connectivity index (χ2n) is 8.63. The standard InChI is InChI=1S/C26H32ClN3O3/c1-3-32-18-22(31)16-30(15-19-9-10-19)17-24-25(20-7-5-4-6-8-20)28-29(2)26(24)33-23-13-11-21(27)12-14-23/h4-8,11-14,19,22,31H,3,9-10,15-18H2,1-2H3/t22-/m0/s1. The van der Waals surface area contributed by atoms with Crippen LogP contribution in [0.1, 0.15) is 25.3 Å². The molecule has 1 fully saturated rings. The van der Waals surface area contributed by atoms with Gasteiger partial charge in [0.25, 0.3) is 0 Å². The average Bonchev–Trinajstić information content (AvgIpc) is 3.58. The van der Waals surface area contributed by atoms with E-state index in [0.29, 0.717) is 48.9 Å². The number of ether oxygens (including phenoxy) is 2. The van der Waals surface area contributed by atoms with Gasteiger partial charge in [-0.05, 0) is 49.9 Å². The molecule has 7 heteroatoms. The van der Waals surface area contributed by atoms with Crippen LogP contribution < -0.4 is 4.74 Å². The van der Waals surface area contributed by atoms with E-state index in [1.807, 2.05) is 56.4 Å². The summed E-state index contributed by atoms with van der Waals surface area (Å²) in [6, 6.07) is 17.5. The lowest BCUT2D eigenvalue weighted by Gasteiger charge is -2.25. The summed E-state index contributed by atoms with van der Waals surface area (Å²) in [5, 5.41) is 16.0. The van der Waals surface area contributed by atoms with Crippen LogP contribution in [0.25, 0.3) is 11.3 Å². The minimum Gasteiger partial charge on any atom is -0.439 e. The molecule has 1 atom stereocenters. The maximum Gasteiger partial charge on any atom is 0.222 e. The third-order valence-corrected chi connectivity index (χ3v) is 5.99. The van der Waals surface area contributed by atoms with Gasteiger partial charge in [0.1, 0.15) is 11.4 Å². The van der Waals surface area contributed by atoms with E-state index in [1.54, 1.807) is 4.68 Å². The Balaban J connectivity index is 1.65. The van der Waals surface area contributed by atoms with Gasteiger partial charge in [0, 0.05) is 43.9 Å². The van der Waals surface area contributed by atoms with Crippen LogP contribution in [0, 0.1) is 5.92 Å². The van der Waals surface area contributed by atoms with E-state index >= 15 is 0 Å². The number of aryl methyl sites for hydroxylation is 1. The number of hydrogen-bond donors (Lipinski definition) is 1. The molecule has 176 valence electrons. The number of benzene rings is 2. The normalized spacial score (nSPS) is 14.6. The lowest BCUT2D eigenvalue weighted by atomic mass is 10.1. The smallest absolute Gasteiger partial charge is 0.222 e. The predicted molar refractivity (Wildman–Crippen MR) is 131 cm³/mol. The van der Waals surface area contributed by atoms with Crippen molar-refractivity contribution in [1.82, 2.24) is 14.7 Å². The monoisotopic (exact) mass is 469 g/mol. The molecule has 0 bridgehead atoms. The Kier molecular flexibility index (Phi) is 8.04. The van der Waals surface area contributed by atoms with Crippen LogP contribution in [0.2, 0.25) is 5.02 Å². The van der Waals surface area contributed by atoms with Crippen molar-refractivity contribution in [1.29, 1.82) is 0 Å². The Labute approximate surface area is 200 Å². The van der Waals surface area contributed by atoms with E-state index in [2.05, 4.69) is 17.0 Å². The highest BCUT2D eigenvalue weighted by Crippen LogP contribution is 2.36. The fourth-order valence-electron chi connectivity index (χ4n) is 3.96. The molecule has 4 rings (SSSR count). The zero-order chi connectivity index (χ0) is 23.2. The SMILES string of the molecule is CCOC[C@@H](O)CN(Cc1c(-c2ccccc2)nn(C)c1Oc1ccc(Cl)cc1)CC1CC1. The first-order valence-electron chi connectivity index (χ1n) is 11.6. The molecule has 0 radical (unpaired) electrons. The Morgan fingerprint density at radius 3 is 2.55 bits per heavy atom. The number of nitrogens with zero attached hydrogens (tertiary/aromatic N) is 3. The van der Waals surface area contributed by atoms with Gasteiger partial charge in [0.2, 0.25) is 5.88 Å². The van der Waals surface area contributed by atoms with Crippen molar-refractivity contribution in [2.75, 3.05) is 26.3 Å². The minimum absolute atomic E-state index is 0.338. The van der Waals surface area contributed by atoms with Crippen LogP contribution in [-0.4, -0.2) is 52.2 Å². The first kappa shape index (κ1) is 23.8. The minimum atomic E-state index is -0.541. The highest BCUT2D eigenvalue weighted by Gasteiger charge is 2.28. The summed E-state index contributed by atoms with van der Waals surface area (Å²) in [5.74, 6) is 2.08. The Morgan fingerprint density at radius 1 is 1.15 bits per heavy atom. The highest BCUT2D eigenvalue weighted by atomic mass is 35.5. The number of aliphatic hydroxyl groups is 1. The highest BCUT2D eigenvalue weighted by molar-refractivity contribution is 6.30. The van der Waals surface area contributed by atoms with Crippen molar-refractivity contribution in [2.24, 2.45) is 13.0 Å². The van der Waals surface area contributed by atoms with Crippen molar-refractivity contribution in [2.45, 2.75) is 32.4 Å². The van der Waals surface area contributed by atoms with Gasteiger partial charge in [-0.15, -0.1) is 0 Å². The maximum absolute atomic E-state index is 10.6. The van der Waals surface area contributed by atoms with Crippen molar-refractivity contribution < 1.29 is 14.6 Å². The van der Waals surface area contributed by atoms with Crippen LogP contribution in [0.4, 0.5) is 0 Å². The molecule has 0 unspecified atom stereocenters.